The van der Waals surface area contributed by atoms with Gasteiger partial charge in [0.05, 0.1) is 18.8 Å². The van der Waals surface area contributed by atoms with Crippen LogP contribution in [0.2, 0.25) is 0 Å². The largest absolute Gasteiger partial charge is 0.394 e. The average molecular weight is 242 g/mol. The van der Waals surface area contributed by atoms with Crippen molar-refractivity contribution >= 4 is 11.8 Å². The molecule has 1 rings (SSSR count). The van der Waals surface area contributed by atoms with Gasteiger partial charge < -0.3 is 15.3 Å². The Kier molecular flexibility index (Phi) is 5.84. The molecule has 3 N–H and O–H groups in total. The van der Waals surface area contributed by atoms with Gasteiger partial charge in [-0.05, 0) is 24.1 Å². The average Bonchev–Trinajstić information content (AvgIpc) is 2.35. The SMILES string of the molecule is CCC(O)c1ccc(SCC(O)CO)cc1. The number of thioether (sulfide) groups is 1. The third kappa shape index (κ3) is 4.14. The highest BCUT2D eigenvalue weighted by Crippen LogP contribution is 2.22. The van der Waals surface area contributed by atoms with Crippen LogP contribution in [0.15, 0.2) is 29.2 Å². The molecule has 0 saturated carbocycles. The van der Waals surface area contributed by atoms with Gasteiger partial charge in [0, 0.05) is 10.6 Å². The molecule has 2 atom stereocenters. The number of aliphatic hydroxyl groups is 3. The van der Waals surface area contributed by atoms with E-state index in [4.69, 9.17) is 5.11 Å². The fourth-order valence-corrected chi connectivity index (χ4v) is 2.09. The highest BCUT2D eigenvalue weighted by Gasteiger charge is 2.06. The van der Waals surface area contributed by atoms with Crippen molar-refractivity contribution in [2.75, 3.05) is 12.4 Å². The summed E-state index contributed by atoms with van der Waals surface area (Å²) in [5.41, 5.74) is 0.912. The Morgan fingerprint density at radius 1 is 1.19 bits per heavy atom. The van der Waals surface area contributed by atoms with Crippen LogP contribution in [0.25, 0.3) is 0 Å². The van der Waals surface area contributed by atoms with Gasteiger partial charge in [-0.25, -0.2) is 0 Å². The highest BCUT2D eigenvalue weighted by molar-refractivity contribution is 7.99. The van der Waals surface area contributed by atoms with Crippen molar-refractivity contribution in [2.45, 2.75) is 30.4 Å². The minimum absolute atomic E-state index is 0.209. The van der Waals surface area contributed by atoms with Gasteiger partial charge in [0.2, 0.25) is 0 Å². The summed E-state index contributed by atoms with van der Waals surface area (Å²) in [6.45, 7) is 1.73. The van der Waals surface area contributed by atoms with Gasteiger partial charge in [-0.2, -0.15) is 0 Å². The Morgan fingerprint density at radius 3 is 2.31 bits per heavy atom. The first-order valence-corrected chi connectivity index (χ1v) is 6.35. The molecule has 16 heavy (non-hydrogen) atoms. The van der Waals surface area contributed by atoms with Crippen molar-refractivity contribution in [3.05, 3.63) is 29.8 Å². The third-order valence-corrected chi connectivity index (χ3v) is 3.46. The fourth-order valence-electron chi connectivity index (χ4n) is 1.27. The van der Waals surface area contributed by atoms with Crippen LogP contribution in [0, 0.1) is 0 Å². The van der Waals surface area contributed by atoms with Crippen LogP contribution >= 0.6 is 11.8 Å². The molecule has 4 heteroatoms. The molecule has 0 saturated heterocycles. The summed E-state index contributed by atoms with van der Waals surface area (Å²) in [4.78, 5) is 1.03. The Labute approximate surface area is 100 Å². The Bertz CT molecular complexity index is 300. The van der Waals surface area contributed by atoms with Crippen LogP contribution in [0.1, 0.15) is 25.0 Å². The minimum Gasteiger partial charge on any atom is -0.394 e. The van der Waals surface area contributed by atoms with Crippen molar-refractivity contribution in [3.63, 3.8) is 0 Å². The van der Waals surface area contributed by atoms with Gasteiger partial charge in [0.25, 0.3) is 0 Å². The van der Waals surface area contributed by atoms with E-state index in [1.165, 1.54) is 11.8 Å². The van der Waals surface area contributed by atoms with Gasteiger partial charge in [-0.15, -0.1) is 11.8 Å². The molecule has 0 fully saturated rings. The van der Waals surface area contributed by atoms with Crippen LogP contribution in [-0.2, 0) is 0 Å². The van der Waals surface area contributed by atoms with Crippen LogP contribution in [0.3, 0.4) is 0 Å². The molecule has 0 aliphatic rings. The van der Waals surface area contributed by atoms with E-state index < -0.39 is 12.2 Å². The minimum atomic E-state index is -0.675. The van der Waals surface area contributed by atoms with E-state index >= 15 is 0 Å². The number of hydrogen-bond donors (Lipinski definition) is 3. The molecular formula is C12H18O3S. The van der Waals surface area contributed by atoms with Crippen molar-refractivity contribution in [1.82, 2.24) is 0 Å². The van der Waals surface area contributed by atoms with E-state index in [1.54, 1.807) is 0 Å². The fraction of sp³-hybridized carbons (Fsp3) is 0.500. The van der Waals surface area contributed by atoms with Crippen LogP contribution in [0.4, 0.5) is 0 Å². The van der Waals surface area contributed by atoms with E-state index in [2.05, 4.69) is 0 Å². The highest BCUT2D eigenvalue weighted by atomic mass is 32.2. The van der Waals surface area contributed by atoms with Gasteiger partial charge >= 0.3 is 0 Å². The maximum Gasteiger partial charge on any atom is 0.0864 e. The number of benzene rings is 1. The maximum atomic E-state index is 9.60. The van der Waals surface area contributed by atoms with Gasteiger partial charge in [-0.1, -0.05) is 19.1 Å². The maximum absolute atomic E-state index is 9.60. The molecule has 0 bridgehead atoms. The molecule has 0 heterocycles. The summed E-state index contributed by atoms with van der Waals surface area (Å²) in [5.74, 6) is 0.478. The second-order valence-corrected chi connectivity index (χ2v) is 4.73. The predicted molar refractivity (Wildman–Crippen MR) is 65.5 cm³/mol. The summed E-state index contributed by atoms with van der Waals surface area (Å²) < 4.78 is 0. The van der Waals surface area contributed by atoms with E-state index in [-0.39, 0.29) is 6.61 Å². The summed E-state index contributed by atoms with van der Waals surface area (Å²) >= 11 is 1.49. The van der Waals surface area contributed by atoms with E-state index in [9.17, 15) is 10.2 Å². The normalized spacial score (nSPS) is 14.8. The lowest BCUT2D eigenvalue weighted by Gasteiger charge is -2.10. The molecule has 0 aliphatic heterocycles. The Morgan fingerprint density at radius 2 is 1.81 bits per heavy atom. The second-order valence-electron chi connectivity index (χ2n) is 3.64. The molecule has 0 aromatic heterocycles. The van der Waals surface area contributed by atoms with Gasteiger partial charge in [0.15, 0.2) is 0 Å². The molecular weight excluding hydrogens is 224 g/mol. The van der Waals surface area contributed by atoms with Crippen LogP contribution in [-0.4, -0.2) is 33.8 Å². The lowest BCUT2D eigenvalue weighted by molar-refractivity contribution is 0.113. The number of aliphatic hydroxyl groups excluding tert-OH is 3. The molecule has 1 aromatic rings. The molecule has 0 aliphatic carbocycles. The molecule has 0 amide bonds. The number of hydrogen-bond acceptors (Lipinski definition) is 4. The lowest BCUT2D eigenvalue weighted by atomic mass is 10.1. The lowest BCUT2D eigenvalue weighted by Crippen LogP contribution is -2.14. The third-order valence-electron chi connectivity index (χ3n) is 2.30. The summed E-state index contributed by atoms with van der Waals surface area (Å²) in [6, 6.07) is 7.62. The summed E-state index contributed by atoms with van der Waals surface area (Å²) in [6.07, 6.45) is -0.372. The van der Waals surface area contributed by atoms with E-state index in [0.717, 1.165) is 10.5 Å². The van der Waals surface area contributed by atoms with Crippen LogP contribution < -0.4 is 0 Å². The van der Waals surface area contributed by atoms with Crippen molar-refractivity contribution in [1.29, 1.82) is 0 Å². The Balaban J connectivity index is 2.51. The zero-order chi connectivity index (χ0) is 12.0. The van der Waals surface area contributed by atoms with Crippen LogP contribution in [0.5, 0.6) is 0 Å². The quantitative estimate of drug-likeness (QED) is 0.663. The second kappa shape index (κ2) is 6.91. The standard InChI is InChI=1S/C12H18O3S/c1-2-12(15)9-3-5-11(6-4-9)16-8-10(14)7-13/h3-6,10,12-15H,2,7-8H2,1H3. The van der Waals surface area contributed by atoms with Crippen molar-refractivity contribution in [2.24, 2.45) is 0 Å². The topological polar surface area (TPSA) is 60.7 Å². The molecule has 0 radical (unpaired) electrons. The molecule has 2 unspecified atom stereocenters. The Hall–Kier alpha value is -0.550. The zero-order valence-electron chi connectivity index (χ0n) is 9.34. The first kappa shape index (κ1) is 13.5. The van der Waals surface area contributed by atoms with Gasteiger partial charge in [0.1, 0.15) is 0 Å². The van der Waals surface area contributed by atoms with Crippen molar-refractivity contribution in [3.8, 4) is 0 Å². The first-order chi connectivity index (χ1) is 7.67. The number of rotatable bonds is 6. The first-order valence-electron chi connectivity index (χ1n) is 5.37. The molecule has 1 aromatic carbocycles. The zero-order valence-corrected chi connectivity index (χ0v) is 10.2. The molecule has 90 valence electrons. The predicted octanol–water partition coefficient (Wildman–Crippen LogP) is 1.58. The van der Waals surface area contributed by atoms with Crippen molar-refractivity contribution < 1.29 is 15.3 Å². The van der Waals surface area contributed by atoms with E-state index in [0.29, 0.717) is 12.2 Å². The van der Waals surface area contributed by atoms with E-state index in [1.807, 2.05) is 31.2 Å². The summed E-state index contributed by atoms with van der Waals surface area (Å²) in [7, 11) is 0. The summed E-state index contributed by atoms with van der Waals surface area (Å²) in [5, 5.41) is 27.5. The van der Waals surface area contributed by atoms with Gasteiger partial charge in [-0.3, -0.25) is 0 Å². The molecule has 0 spiro atoms. The monoisotopic (exact) mass is 242 g/mol. The molecule has 3 nitrogen and oxygen atoms in total. The smallest absolute Gasteiger partial charge is 0.0864 e.